The van der Waals surface area contributed by atoms with Crippen LogP contribution in [0.3, 0.4) is 0 Å². The highest BCUT2D eigenvalue weighted by atomic mass is 19.4. The van der Waals surface area contributed by atoms with Crippen molar-refractivity contribution in [3.05, 3.63) is 58.0 Å². The molecule has 0 radical (unpaired) electrons. The Morgan fingerprint density at radius 1 is 1.27 bits per heavy atom. The quantitative estimate of drug-likeness (QED) is 0.915. The zero-order valence-corrected chi connectivity index (χ0v) is 11.3. The van der Waals surface area contributed by atoms with E-state index in [1.54, 1.807) is 12.1 Å². The van der Waals surface area contributed by atoms with E-state index in [9.17, 15) is 22.8 Å². The average molecular weight is 312 g/mol. The minimum Gasteiger partial charge on any atom is -0.496 e. The SMILES string of the molecule is COc1ccccc1C(=O)Nc1cc(C(F)(F)F)c[nH]c1=O. The molecule has 0 aliphatic rings. The van der Waals surface area contributed by atoms with Gasteiger partial charge >= 0.3 is 6.18 Å². The predicted molar refractivity (Wildman–Crippen MR) is 73.0 cm³/mol. The Labute approximate surface area is 122 Å². The van der Waals surface area contributed by atoms with Crippen LogP contribution in [0.2, 0.25) is 0 Å². The Hall–Kier alpha value is -2.77. The van der Waals surface area contributed by atoms with E-state index in [0.717, 1.165) is 0 Å². The molecule has 116 valence electrons. The van der Waals surface area contributed by atoms with Gasteiger partial charge in [0.2, 0.25) is 0 Å². The lowest BCUT2D eigenvalue weighted by Crippen LogP contribution is -2.21. The van der Waals surface area contributed by atoms with Gasteiger partial charge in [0, 0.05) is 6.20 Å². The molecule has 1 heterocycles. The van der Waals surface area contributed by atoms with Crippen molar-refractivity contribution in [3.8, 4) is 5.75 Å². The third kappa shape index (κ3) is 3.27. The van der Waals surface area contributed by atoms with Crippen LogP contribution in [0.15, 0.2) is 41.3 Å². The molecule has 5 nitrogen and oxygen atoms in total. The summed E-state index contributed by atoms with van der Waals surface area (Å²) in [6.45, 7) is 0. The van der Waals surface area contributed by atoms with Gasteiger partial charge in [0.25, 0.3) is 11.5 Å². The molecule has 2 aromatic rings. The number of benzene rings is 1. The van der Waals surface area contributed by atoms with E-state index < -0.39 is 28.9 Å². The van der Waals surface area contributed by atoms with Crippen LogP contribution >= 0.6 is 0 Å². The van der Waals surface area contributed by atoms with E-state index in [4.69, 9.17) is 4.74 Å². The first-order valence-corrected chi connectivity index (χ1v) is 6.07. The number of amides is 1. The number of para-hydroxylation sites is 1. The van der Waals surface area contributed by atoms with E-state index in [1.165, 1.54) is 19.2 Å². The minimum atomic E-state index is -4.63. The number of anilines is 1. The number of hydrogen-bond acceptors (Lipinski definition) is 3. The highest BCUT2D eigenvalue weighted by molar-refractivity contribution is 6.06. The summed E-state index contributed by atoms with van der Waals surface area (Å²) in [6, 6.07) is 6.72. The molecule has 1 aromatic carbocycles. The van der Waals surface area contributed by atoms with Gasteiger partial charge in [-0.05, 0) is 18.2 Å². The number of aromatic amines is 1. The fraction of sp³-hybridized carbons (Fsp3) is 0.143. The molecule has 1 aromatic heterocycles. The molecule has 2 N–H and O–H groups in total. The van der Waals surface area contributed by atoms with Gasteiger partial charge < -0.3 is 15.0 Å². The van der Waals surface area contributed by atoms with Crippen LogP contribution in [0.5, 0.6) is 5.75 Å². The largest absolute Gasteiger partial charge is 0.496 e. The summed E-state index contributed by atoms with van der Waals surface area (Å²) in [6.07, 6.45) is -4.09. The fourth-order valence-electron chi connectivity index (χ4n) is 1.76. The monoisotopic (exact) mass is 312 g/mol. The summed E-state index contributed by atoms with van der Waals surface area (Å²) in [7, 11) is 1.35. The molecule has 8 heteroatoms. The lowest BCUT2D eigenvalue weighted by atomic mass is 10.2. The summed E-state index contributed by atoms with van der Waals surface area (Å²) < 4.78 is 42.9. The van der Waals surface area contributed by atoms with Crippen LogP contribution in [0, 0.1) is 0 Å². The van der Waals surface area contributed by atoms with Gasteiger partial charge in [-0.25, -0.2) is 0 Å². The van der Waals surface area contributed by atoms with E-state index >= 15 is 0 Å². The molecule has 0 atom stereocenters. The summed E-state index contributed by atoms with van der Waals surface area (Å²) in [5.74, 6) is -0.509. The molecular weight excluding hydrogens is 301 g/mol. The molecule has 0 saturated carbocycles. The smallest absolute Gasteiger partial charge is 0.417 e. The topological polar surface area (TPSA) is 71.2 Å². The Kier molecular flexibility index (Phi) is 4.20. The molecule has 0 spiro atoms. The molecule has 1 amide bonds. The standard InChI is InChI=1S/C14H11F3N2O3/c1-22-11-5-3-2-4-9(11)12(20)19-10-6-8(14(15,16)17)7-18-13(10)21/h2-7H,1H3,(H,18,21)(H,19,20). The van der Waals surface area contributed by atoms with Gasteiger partial charge in [0.15, 0.2) is 0 Å². The summed E-state index contributed by atoms with van der Waals surface area (Å²) in [5.41, 5.74) is -2.30. The van der Waals surface area contributed by atoms with Gasteiger partial charge in [-0.3, -0.25) is 9.59 Å². The highest BCUT2D eigenvalue weighted by Gasteiger charge is 2.31. The van der Waals surface area contributed by atoms with Crippen LogP contribution in [0.25, 0.3) is 0 Å². The second-order valence-electron chi connectivity index (χ2n) is 4.28. The maximum absolute atomic E-state index is 12.6. The van der Waals surface area contributed by atoms with E-state index in [1.807, 2.05) is 4.98 Å². The molecule has 2 rings (SSSR count). The maximum Gasteiger partial charge on any atom is 0.417 e. The first-order valence-electron chi connectivity index (χ1n) is 6.07. The first kappa shape index (κ1) is 15.6. The molecule has 0 aliphatic heterocycles. The Morgan fingerprint density at radius 2 is 1.95 bits per heavy atom. The molecule has 0 unspecified atom stereocenters. The molecule has 0 fully saturated rings. The third-order valence-corrected chi connectivity index (χ3v) is 2.83. The normalized spacial score (nSPS) is 11.1. The van der Waals surface area contributed by atoms with E-state index in [2.05, 4.69) is 5.32 Å². The molecule has 0 bridgehead atoms. The average Bonchev–Trinajstić information content (AvgIpc) is 2.48. The minimum absolute atomic E-state index is 0.0989. The van der Waals surface area contributed by atoms with E-state index in [0.29, 0.717) is 12.3 Å². The number of carbonyl (C=O) groups is 1. The van der Waals surface area contributed by atoms with Gasteiger partial charge in [-0.15, -0.1) is 0 Å². The van der Waals surface area contributed by atoms with Crippen molar-refractivity contribution in [2.75, 3.05) is 12.4 Å². The van der Waals surface area contributed by atoms with Crippen molar-refractivity contribution in [1.29, 1.82) is 0 Å². The van der Waals surface area contributed by atoms with Crippen molar-refractivity contribution >= 4 is 11.6 Å². The van der Waals surface area contributed by atoms with Crippen LogP contribution in [-0.2, 0) is 6.18 Å². The lowest BCUT2D eigenvalue weighted by molar-refractivity contribution is -0.137. The molecule has 0 aliphatic carbocycles. The Morgan fingerprint density at radius 3 is 2.59 bits per heavy atom. The maximum atomic E-state index is 12.6. The number of carbonyl (C=O) groups excluding carboxylic acids is 1. The number of pyridine rings is 1. The second kappa shape index (κ2) is 5.92. The van der Waals surface area contributed by atoms with Crippen molar-refractivity contribution < 1.29 is 22.7 Å². The molecule has 0 saturated heterocycles. The molecule has 22 heavy (non-hydrogen) atoms. The van der Waals surface area contributed by atoms with Crippen molar-refractivity contribution in [1.82, 2.24) is 4.98 Å². The number of nitrogens with one attached hydrogen (secondary N) is 2. The fourth-order valence-corrected chi connectivity index (χ4v) is 1.76. The number of aromatic nitrogens is 1. The first-order chi connectivity index (χ1) is 10.3. The highest BCUT2D eigenvalue weighted by Crippen LogP contribution is 2.29. The van der Waals surface area contributed by atoms with Gasteiger partial charge in [0.1, 0.15) is 11.4 Å². The van der Waals surface area contributed by atoms with E-state index in [-0.39, 0.29) is 11.3 Å². The zero-order chi connectivity index (χ0) is 16.3. The van der Waals surface area contributed by atoms with Crippen molar-refractivity contribution in [2.24, 2.45) is 0 Å². The van der Waals surface area contributed by atoms with Crippen LogP contribution in [-0.4, -0.2) is 18.0 Å². The van der Waals surface area contributed by atoms with Gasteiger partial charge in [-0.2, -0.15) is 13.2 Å². The van der Waals surface area contributed by atoms with Crippen molar-refractivity contribution in [2.45, 2.75) is 6.18 Å². The zero-order valence-electron chi connectivity index (χ0n) is 11.3. The number of methoxy groups -OCH3 is 1. The van der Waals surface area contributed by atoms with Gasteiger partial charge in [0.05, 0.1) is 18.2 Å². The van der Waals surface area contributed by atoms with Crippen LogP contribution in [0.4, 0.5) is 18.9 Å². The number of rotatable bonds is 3. The third-order valence-electron chi connectivity index (χ3n) is 2.83. The van der Waals surface area contributed by atoms with Crippen LogP contribution in [0.1, 0.15) is 15.9 Å². The second-order valence-corrected chi connectivity index (χ2v) is 4.28. The number of H-pyrrole nitrogens is 1. The lowest BCUT2D eigenvalue weighted by Gasteiger charge is -2.10. The Bertz CT molecular complexity index is 753. The summed E-state index contributed by atoms with van der Waals surface area (Å²) in [5, 5.41) is 2.15. The summed E-state index contributed by atoms with van der Waals surface area (Å²) in [4.78, 5) is 25.6. The summed E-state index contributed by atoms with van der Waals surface area (Å²) >= 11 is 0. The van der Waals surface area contributed by atoms with Gasteiger partial charge in [-0.1, -0.05) is 12.1 Å². The van der Waals surface area contributed by atoms with Crippen LogP contribution < -0.4 is 15.6 Å². The number of hydrogen-bond donors (Lipinski definition) is 2. The molecular formula is C14H11F3N2O3. The number of halogens is 3. The Balaban J connectivity index is 2.34. The number of ether oxygens (including phenoxy) is 1. The number of alkyl halides is 3. The van der Waals surface area contributed by atoms with Crippen molar-refractivity contribution in [3.63, 3.8) is 0 Å². The predicted octanol–water partition coefficient (Wildman–Crippen LogP) is 2.65.